The number of carboxylic acid groups (broad SMARTS) is 1. The topological polar surface area (TPSA) is 92.7 Å². The van der Waals surface area contributed by atoms with Crippen LogP contribution in [-0.4, -0.2) is 35.9 Å². The van der Waals surface area contributed by atoms with Crippen LogP contribution >= 0.6 is 0 Å². The van der Waals surface area contributed by atoms with E-state index in [4.69, 9.17) is 9.84 Å². The Labute approximate surface area is 205 Å². The van der Waals surface area contributed by atoms with Crippen LogP contribution in [0.15, 0.2) is 66.7 Å². The zero-order chi connectivity index (χ0) is 24.6. The molecule has 1 fully saturated rings. The van der Waals surface area contributed by atoms with Crippen molar-refractivity contribution in [3.63, 3.8) is 0 Å². The van der Waals surface area contributed by atoms with Crippen LogP contribution < -0.4 is 10.1 Å². The number of hydrogen-bond donors (Lipinski definition) is 2. The second kappa shape index (κ2) is 11.6. The van der Waals surface area contributed by atoms with Gasteiger partial charge in [-0.3, -0.25) is 14.4 Å². The molecule has 0 atom stereocenters. The summed E-state index contributed by atoms with van der Waals surface area (Å²) in [5.74, 6) is 0.0615. The average Bonchev–Trinajstić information content (AvgIpc) is 2.90. The van der Waals surface area contributed by atoms with E-state index in [2.05, 4.69) is 5.32 Å². The van der Waals surface area contributed by atoms with Crippen LogP contribution in [0.5, 0.6) is 5.75 Å². The van der Waals surface area contributed by atoms with E-state index in [9.17, 15) is 14.4 Å². The molecule has 0 spiro atoms. The molecule has 4 rings (SSSR count). The van der Waals surface area contributed by atoms with E-state index in [0.29, 0.717) is 61.6 Å². The highest BCUT2D eigenvalue weighted by Crippen LogP contribution is 2.29. The van der Waals surface area contributed by atoms with Gasteiger partial charge in [0.25, 0.3) is 5.91 Å². The molecule has 0 heterocycles. The molecule has 1 amide bonds. The summed E-state index contributed by atoms with van der Waals surface area (Å²) in [4.78, 5) is 36.0. The lowest BCUT2D eigenvalue weighted by atomic mass is 9.82. The molecule has 1 aliphatic carbocycles. The Morgan fingerprint density at radius 2 is 1.54 bits per heavy atom. The van der Waals surface area contributed by atoms with Crippen molar-refractivity contribution in [1.82, 2.24) is 5.32 Å². The van der Waals surface area contributed by atoms with Crippen molar-refractivity contribution < 1.29 is 24.2 Å². The van der Waals surface area contributed by atoms with Crippen molar-refractivity contribution in [2.24, 2.45) is 11.8 Å². The number of Topliss-reactive ketones (excluding diaryl/α,β-unsaturated/α-hetero) is 1. The van der Waals surface area contributed by atoms with Gasteiger partial charge in [0.1, 0.15) is 5.75 Å². The standard InChI is InChI=1S/C29H31NO5/c31-27(6-3-17-30-28(32)25-12-11-21-4-1-2-5-24(21)18-25)22-13-15-26(16-14-22)35-19-20-7-9-23(10-8-20)29(33)34/h1-2,4-5,11-16,18,20,23H,3,6-10,17,19H2,(H,30,32)(H,33,34). The molecule has 1 saturated carbocycles. The van der Waals surface area contributed by atoms with E-state index in [1.54, 1.807) is 24.3 Å². The highest BCUT2D eigenvalue weighted by atomic mass is 16.5. The average molecular weight is 474 g/mol. The SMILES string of the molecule is O=C(CCCNC(=O)c1ccc2ccccc2c1)c1ccc(OCC2CCC(C(=O)O)CC2)cc1. The van der Waals surface area contributed by atoms with Crippen LogP contribution in [-0.2, 0) is 4.79 Å². The Hall–Kier alpha value is -3.67. The number of carbonyl (C=O) groups excluding carboxylic acids is 2. The highest BCUT2D eigenvalue weighted by Gasteiger charge is 2.26. The normalized spacial score (nSPS) is 17.6. The molecule has 2 N–H and O–H groups in total. The molecule has 6 nitrogen and oxygen atoms in total. The van der Waals surface area contributed by atoms with Gasteiger partial charge in [0, 0.05) is 24.1 Å². The molecule has 0 saturated heterocycles. The lowest BCUT2D eigenvalue weighted by Crippen LogP contribution is -2.24. The van der Waals surface area contributed by atoms with Gasteiger partial charge in [0.15, 0.2) is 5.78 Å². The van der Waals surface area contributed by atoms with E-state index >= 15 is 0 Å². The smallest absolute Gasteiger partial charge is 0.306 e. The number of rotatable bonds is 10. The maximum absolute atomic E-state index is 12.5. The van der Waals surface area contributed by atoms with E-state index < -0.39 is 5.97 Å². The zero-order valence-corrected chi connectivity index (χ0v) is 19.7. The number of hydrogen-bond acceptors (Lipinski definition) is 4. The summed E-state index contributed by atoms with van der Waals surface area (Å²) >= 11 is 0. The van der Waals surface area contributed by atoms with Crippen molar-refractivity contribution in [3.05, 3.63) is 77.9 Å². The fourth-order valence-electron chi connectivity index (χ4n) is 4.56. The second-order valence-corrected chi connectivity index (χ2v) is 9.24. The predicted octanol–water partition coefficient (Wildman–Crippen LogP) is 5.50. The first kappa shape index (κ1) is 24.5. The number of fused-ring (bicyclic) bond motifs is 1. The Kier molecular flexibility index (Phi) is 8.14. The van der Waals surface area contributed by atoms with Crippen LogP contribution in [0, 0.1) is 11.8 Å². The molecule has 6 heteroatoms. The maximum atomic E-state index is 12.5. The monoisotopic (exact) mass is 473 g/mol. The quantitative estimate of drug-likeness (QED) is 0.299. The molecular weight excluding hydrogens is 442 g/mol. The van der Waals surface area contributed by atoms with Crippen molar-refractivity contribution in [2.45, 2.75) is 38.5 Å². The third kappa shape index (κ3) is 6.69. The van der Waals surface area contributed by atoms with Gasteiger partial charge in [-0.1, -0.05) is 30.3 Å². The molecule has 1 aliphatic rings. The molecule has 182 valence electrons. The molecule has 35 heavy (non-hydrogen) atoms. The number of ketones is 1. The zero-order valence-electron chi connectivity index (χ0n) is 19.7. The number of nitrogens with one attached hydrogen (secondary N) is 1. The van der Waals surface area contributed by atoms with Crippen LogP contribution in [0.3, 0.4) is 0 Å². The molecule has 3 aromatic carbocycles. The second-order valence-electron chi connectivity index (χ2n) is 9.24. The fourth-order valence-corrected chi connectivity index (χ4v) is 4.56. The lowest BCUT2D eigenvalue weighted by Gasteiger charge is -2.25. The molecule has 3 aromatic rings. The Morgan fingerprint density at radius 1 is 0.857 bits per heavy atom. The first-order chi connectivity index (χ1) is 17.0. The van der Waals surface area contributed by atoms with Gasteiger partial charge in [-0.2, -0.15) is 0 Å². The highest BCUT2D eigenvalue weighted by molar-refractivity contribution is 5.99. The van der Waals surface area contributed by atoms with Crippen molar-refractivity contribution >= 4 is 28.4 Å². The number of carbonyl (C=O) groups is 3. The van der Waals surface area contributed by atoms with Gasteiger partial charge in [0.2, 0.25) is 0 Å². The molecular formula is C29H31NO5. The first-order valence-electron chi connectivity index (χ1n) is 12.3. The van der Waals surface area contributed by atoms with Crippen LogP contribution in [0.4, 0.5) is 0 Å². The molecule has 0 bridgehead atoms. The van der Waals surface area contributed by atoms with E-state index in [1.165, 1.54) is 0 Å². The summed E-state index contributed by atoms with van der Waals surface area (Å²) in [5.41, 5.74) is 1.24. The summed E-state index contributed by atoms with van der Waals surface area (Å²) in [6, 6.07) is 20.7. The van der Waals surface area contributed by atoms with Gasteiger partial charge in [-0.25, -0.2) is 0 Å². The number of amides is 1. The summed E-state index contributed by atoms with van der Waals surface area (Å²) in [6.45, 7) is 0.999. The third-order valence-corrected chi connectivity index (χ3v) is 6.74. The van der Waals surface area contributed by atoms with Crippen LogP contribution in [0.25, 0.3) is 10.8 Å². The van der Waals surface area contributed by atoms with Gasteiger partial charge in [-0.15, -0.1) is 0 Å². The van der Waals surface area contributed by atoms with Crippen molar-refractivity contribution in [3.8, 4) is 5.75 Å². The molecule has 0 aromatic heterocycles. The first-order valence-corrected chi connectivity index (χ1v) is 12.3. The number of benzene rings is 3. The predicted molar refractivity (Wildman–Crippen MR) is 135 cm³/mol. The van der Waals surface area contributed by atoms with Gasteiger partial charge < -0.3 is 15.2 Å². The lowest BCUT2D eigenvalue weighted by molar-refractivity contribution is -0.143. The summed E-state index contributed by atoms with van der Waals surface area (Å²) in [5, 5.41) is 14.1. The van der Waals surface area contributed by atoms with Crippen molar-refractivity contribution in [2.75, 3.05) is 13.2 Å². The minimum absolute atomic E-state index is 0.0310. The van der Waals surface area contributed by atoms with Gasteiger partial charge in [-0.05, 0) is 85.2 Å². The van der Waals surface area contributed by atoms with Crippen LogP contribution in [0.2, 0.25) is 0 Å². The minimum Gasteiger partial charge on any atom is -0.493 e. The number of carboxylic acids is 1. The number of ether oxygens (including phenoxy) is 1. The number of aliphatic carboxylic acids is 1. The Morgan fingerprint density at radius 3 is 2.26 bits per heavy atom. The van der Waals surface area contributed by atoms with Gasteiger partial charge in [0.05, 0.1) is 12.5 Å². The molecule has 0 unspecified atom stereocenters. The largest absolute Gasteiger partial charge is 0.493 e. The van der Waals surface area contributed by atoms with Gasteiger partial charge >= 0.3 is 5.97 Å². The van der Waals surface area contributed by atoms with E-state index in [1.807, 2.05) is 42.5 Å². The van der Waals surface area contributed by atoms with E-state index in [-0.39, 0.29) is 17.6 Å². The summed E-state index contributed by atoms with van der Waals surface area (Å²) in [7, 11) is 0. The maximum Gasteiger partial charge on any atom is 0.306 e. The van der Waals surface area contributed by atoms with Crippen molar-refractivity contribution in [1.29, 1.82) is 0 Å². The summed E-state index contributed by atoms with van der Waals surface area (Å²) < 4.78 is 5.86. The minimum atomic E-state index is -0.697. The molecule has 0 radical (unpaired) electrons. The van der Waals surface area contributed by atoms with Crippen LogP contribution in [0.1, 0.15) is 59.2 Å². The summed E-state index contributed by atoms with van der Waals surface area (Å²) in [6.07, 6.45) is 4.06. The fraction of sp³-hybridized carbons (Fsp3) is 0.345. The Balaban J connectivity index is 1.16. The van der Waals surface area contributed by atoms with E-state index in [0.717, 1.165) is 23.6 Å². The third-order valence-electron chi connectivity index (χ3n) is 6.74. The Bertz CT molecular complexity index is 1180. The molecule has 0 aliphatic heterocycles.